The largest absolute Gasteiger partial charge is 0.458 e. The van der Waals surface area contributed by atoms with Crippen LogP contribution in [0.3, 0.4) is 0 Å². The van der Waals surface area contributed by atoms with Gasteiger partial charge in [0.2, 0.25) is 0 Å². The van der Waals surface area contributed by atoms with Gasteiger partial charge in [-0.05, 0) is 56.3 Å². The Morgan fingerprint density at radius 2 is 1.38 bits per heavy atom. The number of rotatable bonds is 5. The van der Waals surface area contributed by atoms with Crippen molar-refractivity contribution >= 4 is 5.97 Å². The molecule has 2 nitrogen and oxygen atoms in total. The molecule has 0 aromatic rings. The first-order valence-corrected chi connectivity index (χ1v) is 9.84. The standard InChI is InChI=1S/C22H42O2/c1-11-20(8,9)22(14-12-13-15-22)24-17(23)21(10,19(5,6)7)16-18(2,3)4/h11-16H2,1-10H3. The highest BCUT2D eigenvalue weighted by Gasteiger charge is 2.54. The first-order chi connectivity index (χ1) is 10.6. The van der Waals surface area contributed by atoms with Crippen molar-refractivity contribution in [2.45, 2.75) is 113 Å². The van der Waals surface area contributed by atoms with Crippen molar-refractivity contribution < 1.29 is 9.53 Å². The van der Waals surface area contributed by atoms with Crippen molar-refractivity contribution in [2.75, 3.05) is 0 Å². The summed E-state index contributed by atoms with van der Waals surface area (Å²) in [7, 11) is 0. The number of ether oxygens (including phenoxy) is 1. The zero-order valence-corrected chi connectivity index (χ0v) is 18.1. The SMILES string of the molecule is CCC(C)(C)C1(OC(=O)C(C)(CC(C)(C)C)C(C)(C)C)CCCC1. The van der Waals surface area contributed by atoms with Gasteiger partial charge in [-0.25, -0.2) is 0 Å². The van der Waals surface area contributed by atoms with Crippen LogP contribution in [0.1, 0.15) is 108 Å². The van der Waals surface area contributed by atoms with Crippen LogP contribution in [0.25, 0.3) is 0 Å². The average Bonchev–Trinajstić information content (AvgIpc) is 2.85. The summed E-state index contributed by atoms with van der Waals surface area (Å²) < 4.78 is 6.45. The minimum absolute atomic E-state index is 0.00773. The monoisotopic (exact) mass is 338 g/mol. The molecular formula is C22H42O2. The molecule has 0 saturated heterocycles. The lowest BCUT2D eigenvalue weighted by atomic mass is 9.61. The van der Waals surface area contributed by atoms with Crippen LogP contribution in [0.5, 0.6) is 0 Å². The van der Waals surface area contributed by atoms with E-state index in [2.05, 4.69) is 69.2 Å². The molecule has 1 aliphatic carbocycles. The molecule has 0 aliphatic heterocycles. The molecule has 1 saturated carbocycles. The van der Waals surface area contributed by atoms with E-state index in [1.807, 2.05) is 0 Å². The molecule has 0 aromatic carbocycles. The third-order valence-electron chi connectivity index (χ3n) is 6.81. The van der Waals surface area contributed by atoms with Gasteiger partial charge in [-0.15, -0.1) is 0 Å². The smallest absolute Gasteiger partial charge is 0.312 e. The quantitative estimate of drug-likeness (QED) is 0.517. The van der Waals surface area contributed by atoms with Gasteiger partial charge in [0.25, 0.3) is 0 Å². The van der Waals surface area contributed by atoms with Crippen LogP contribution in [0.2, 0.25) is 0 Å². The van der Waals surface area contributed by atoms with Gasteiger partial charge >= 0.3 is 5.97 Å². The third kappa shape index (κ3) is 4.17. The van der Waals surface area contributed by atoms with Crippen molar-refractivity contribution in [3.05, 3.63) is 0 Å². The molecule has 142 valence electrons. The van der Waals surface area contributed by atoms with Crippen LogP contribution < -0.4 is 0 Å². The van der Waals surface area contributed by atoms with E-state index in [0.717, 1.165) is 25.7 Å². The summed E-state index contributed by atoms with van der Waals surface area (Å²) in [5.41, 5.74) is -0.786. The van der Waals surface area contributed by atoms with E-state index in [-0.39, 0.29) is 27.8 Å². The highest BCUT2D eigenvalue weighted by atomic mass is 16.6. The Bertz CT molecular complexity index is 442. The first kappa shape index (κ1) is 21.5. The molecule has 0 spiro atoms. The zero-order valence-electron chi connectivity index (χ0n) is 18.1. The Kier molecular flexibility index (Phi) is 5.96. The van der Waals surface area contributed by atoms with E-state index in [1.165, 1.54) is 12.8 Å². The van der Waals surface area contributed by atoms with Crippen molar-refractivity contribution in [1.29, 1.82) is 0 Å². The number of esters is 1. The van der Waals surface area contributed by atoms with Crippen molar-refractivity contribution in [2.24, 2.45) is 21.7 Å². The number of carbonyl (C=O) groups is 1. The van der Waals surface area contributed by atoms with Gasteiger partial charge < -0.3 is 4.74 Å². The van der Waals surface area contributed by atoms with Gasteiger partial charge in [0, 0.05) is 5.41 Å². The maximum Gasteiger partial charge on any atom is 0.312 e. The van der Waals surface area contributed by atoms with E-state index in [4.69, 9.17) is 4.74 Å². The van der Waals surface area contributed by atoms with E-state index >= 15 is 0 Å². The molecule has 0 amide bonds. The van der Waals surface area contributed by atoms with Gasteiger partial charge in [-0.3, -0.25) is 4.79 Å². The Labute approximate surface area is 151 Å². The predicted molar refractivity (Wildman–Crippen MR) is 103 cm³/mol. The van der Waals surface area contributed by atoms with Gasteiger partial charge in [0.1, 0.15) is 5.60 Å². The van der Waals surface area contributed by atoms with Crippen LogP contribution in [-0.4, -0.2) is 11.6 Å². The highest BCUT2D eigenvalue weighted by molar-refractivity contribution is 5.78. The molecular weight excluding hydrogens is 296 g/mol. The third-order valence-corrected chi connectivity index (χ3v) is 6.81. The second-order valence-corrected chi connectivity index (χ2v) is 11.1. The van der Waals surface area contributed by atoms with Gasteiger partial charge in [-0.1, -0.05) is 62.3 Å². The molecule has 2 heteroatoms. The summed E-state index contributed by atoms with van der Waals surface area (Å²) >= 11 is 0. The Morgan fingerprint density at radius 3 is 1.71 bits per heavy atom. The van der Waals surface area contributed by atoms with E-state index in [0.29, 0.717) is 0 Å². The fourth-order valence-corrected chi connectivity index (χ4v) is 4.18. The van der Waals surface area contributed by atoms with Crippen LogP contribution in [-0.2, 0) is 9.53 Å². The van der Waals surface area contributed by atoms with Crippen LogP contribution in [0, 0.1) is 21.7 Å². The average molecular weight is 339 g/mol. The van der Waals surface area contributed by atoms with Gasteiger partial charge in [0.05, 0.1) is 5.41 Å². The summed E-state index contributed by atoms with van der Waals surface area (Å²) in [5, 5.41) is 0. The van der Waals surface area contributed by atoms with Crippen LogP contribution >= 0.6 is 0 Å². The molecule has 1 unspecified atom stereocenters. The molecule has 0 heterocycles. The van der Waals surface area contributed by atoms with Crippen LogP contribution in [0.4, 0.5) is 0 Å². The number of carbonyl (C=O) groups excluding carboxylic acids is 1. The summed E-state index contributed by atoms with van der Waals surface area (Å²) in [6, 6.07) is 0. The second kappa shape index (κ2) is 6.65. The van der Waals surface area contributed by atoms with Crippen molar-refractivity contribution in [3.8, 4) is 0 Å². The Balaban J connectivity index is 3.20. The molecule has 24 heavy (non-hydrogen) atoms. The Morgan fingerprint density at radius 1 is 0.917 bits per heavy atom. The lowest BCUT2D eigenvalue weighted by Crippen LogP contribution is -2.52. The van der Waals surface area contributed by atoms with Gasteiger partial charge in [-0.2, -0.15) is 0 Å². The van der Waals surface area contributed by atoms with Crippen molar-refractivity contribution in [3.63, 3.8) is 0 Å². The van der Waals surface area contributed by atoms with Crippen molar-refractivity contribution in [1.82, 2.24) is 0 Å². The van der Waals surface area contributed by atoms with Gasteiger partial charge in [0.15, 0.2) is 0 Å². The molecule has 0 radical (unpaired) electrons. The summed E-state index contributed by atoms with van der Waals surface area (Å²) in [6.07, 6.45) is 6.23. The maximum absolute atomic E-state index is 13.5. The first-order valence-electron chi connectivity index (χ1n) is 9.84. The predicted octanol–water partition coefficient (Wildman–Crippen LogP) is 6.77. The van der Waals surface area contributed by atoms with Crippen LogP contribution in [0.15, 0.2) is 0 Å². The minimum atomic E-state index is -0.481. The van der Waals surface area contributed by atoms with E-state index < -0.39 is 5.41 Å². The molecule has 1 rings (SSSR count). The zero-order chi connectivity index (χ0) is 19.0. The molecule has 0 aromatic heterocycles. The lowest BCUT2D eigenvalue weighted by molar-refractivity contribution is -0.194. The normalized spacial score (nSPS) is 21.4. The fourth-order valence-electron chi connectivity index (χ4n) is 4.18. The number of hydrogen-bond acceptors (Lipinski definition) is 2. The minimum Gasteiger partial charge on any atom is -0.458 e. The summed E-state index contributed by atoms with van der Waals surface area (Å²) in [5.74, 6) is 0.00773. The molecule has 0 N–H and O–H groups in total. The maximum atomic E-state index is 13.5. The van der Waals surface area contributed by atoms with E-state index in [9.17, 15) is 4.79 Å². The molecule has 1 fully saturated rings. The van der Waals surface area contributed by atoms with E-state index in [1.54, 1.807) is 0 Å². The molecule has 1 aliphatic rings. The topological polar surface area (TPSA) is 26.3 Å². The number of hydrogen-bond donors (Lipinski definition) is 0. The molecule has 1 atom stereocenters. The second-order valence-electron chi connectivity index (χ2n) is 11.1. The summed E-state index contributed by atoms with van der Waals surface area (Å²) in [6.45, 7) is 22.0. The fraction of sp³-hybridized carbons (Fsp3) is 0.955. The lowest BCUT2D eigenvalue weighted by Gasteiger charge is -2.49. The highest BCUT2D eigenvalue weighted by Crippen LogP contribution is 2.53. The molecule has 0 bridgehead atoms. The Hall–Kier alpha value is -0.530. The summed E-state index contributed by atoms with van der Waals surface area (Å²) in [4.78, 5) is 13.5.